The molecule has 1 N–H and O–H groups in total. The van der Waals surface area contributed by atoms with Crippen molar-refractivity contribution in [1.29, 1.82) is 0 Å². The maximum Gasteiger partial charge on any atom is 0.258 e. The van der Waals surface area contributed by atoms with Crippen LogP contribution in [0.5, 0.6) is 5.75 Å². The number of hydrogen-bond acceptors (Lipinski definition) is 5. The van der Waals surface area contributed by atoms with Crippen molar-refractivity contribution in [3.05, 3.63) is 30.7 Å². The molecule has 0 saturated heterocycles. The van der Waals surface area contributed by atoms with E-state index < -0.39 is 0 Å². The van der Waals surface area contributed by atoms with E-state index in [9.17, 15) is 4.79 Å². The lowest BCUT2D eigenvalue weighted by Crippen LogP contribution is -2.47. The van der Waals surface area contributed by atoms with E-state index in [1.165, 1.54) is 6.39 Å². The van der Waals surface area contributed by atoms with Crippen LogP contribution in [0.15, 0.2) is 35.1 Å². The summed E-state index contributed by atoms with van der Waals surface area (Å²) in [6, 6.07) is 7.16. The fraction of sp³-hybridized carbons (Fsp3) is 0.500. The van der Waals surface area contributed by atoms with Gasteiger partial charge in [0.25, 0.3) is 5.91 Å². The van der Waals surface area contributed by atoms with Crippen molar-refractivity contribution in [3.63, 3.8) is 0 Å². The van der Waals surface area contributed by atoms with Crippen molar-refractivity contribution in [2.45, 2.75) is 46.6 Å². The van der Waals surface area contributed by atoms with Crippen LogP contribution in [0.3, 0.4) is 0 Å². The number of amides is 1. The lowest BCUT2D eigenvalue weighted by Gasteiger charge is -2.33. The van der Waals surface area contributed by atoms with Crippen molar-refractivity contribution in [2.75, 3.05) is 6.61 Å². The zero-order valence-corrected chi connectivity index (χ0v) is 14.9. The van der Waals surface area contributed by atoms with Gasteiger partial charge in [0.15, 0.2) is 6.61 Å². The molecule has 2 aromatic rings. The molecule has 0 aliphatic rings. The number of nitrogens with zero attached hydrogens (tertiary/aromatic N) is 2. The molecule has 0 saturated carbocycles. The van der Waals surface area contributed by atoms with Crippen LogP contribution >= 0.6 is 0 Å². The van der Waals surface area contributed by atoms with E-state index in [-0.39, 0.29) is 23.5 Å². The average molecular weight is 331 g/mol. The molecule has 0 aliphatic heterocycles. The Morgan fingerprint density at radius 2 is 1.83 bits per heavy atom. The molecule has 0 atom stereocenters. The molecule has 1 aromatic heterocycles. The highest BCUT2D eigenvalue weighted by atomic mass is 16.5. The Hall–Kier alpha value is -2.37. The summed E-state index contributed by atoms with van der Waals surface area (Å²) in [7, 11) is 0. The number of ether oxygens (including phenoxy) is 1. The van der Waals surface area contributed by atoms with Crippen LogP contribution in [-0.4, -0.2) is 28.3 Å². The summed E-state index contributed by atoms with van der Waals surface area (Å²) in [5.41, 5.74) is 0.665. The largest absolute Gasteiger partial charge is 0.484 e. The fourth-order valence-corrected chi connectivity index (χ4v) is 2.92. The minimum atomic E-state index is -0.277. The normalized spacial score (nSPS) is 12.0. The monoisotopic (exact) mass is 331 g/mol. The number of carbonyl (C=O) groups is 1. The highest BCUT2D eigenvalue weighted by Crippen LogP contribution is 2.26. The molecule has 0 radical (unpaired) electrons. The predicted octanol–water partition coefficient (Wildman–Crippen LogP) is 3.45. The number of aromatic nitrogens is 2. The molecule has 2 rings (SSSR count). The van der Waals surface area contributed by atoms with Crippen LogP contribution in [0.4, 0.5) is 0 Å². The third-order valence-electron chi connectivity index (χ3n) is 3.28. The Labute approximate surface area is 142 Å². The molecular formula is C18H25N3O3. The molecule has 130 valence electrons. The first-order chi connectivity index (χ1) is 11.1. The summed E-state index contributed by atoms with van der Waals surface area (Å²) in [6.07, 6.45) is 2.16. The summed E-state index contributed by atoms with van der Waals surface area (Å²) < 4.78 is 10.7. The van der Waals surface area contributed by atoms with Gasteiger partial charge in [0.05, 0.1) is 0 Å². The molecule has 1 heterocycles. The van der Waals surface area contributed by atoms with Gasteiger partial charge in [-0.1, -0.05) is 20.8 Å². The first-order valence-electron chi connectivity index (χ1n) is 7.95. The third kappa shape index (κ3) is 5.68. The van der Waals surface area contributed by atoms with E-state index in [2.05, 4.69) is 36.3 Å². The Morgan fingerprint density at radius 1 is 1.17 bits per heavy atom. The van der Waals surface area contributed by atoms with Crippen molar-refractivity contribution < 1.29 is 13.9 Å². The highest BCUT2D eigenvalue weighted by Gasteiger charge is 2.27. The van der Waals surface area contributed by atoms with Gasteiger partial charge in [-0.25, -0.2) is 0 Å². The van der Waals surface area contributed by atoms with Gasteiger partial charge in [0, 0.05) is 11.1 Å². The van der Waals surface area contributed by atoms with Gasteiger partial charge < -0.3 is 14.5 Å². The van der Waals surface area contributed by atoms with Gasteiger partial charge in [0.1, 0.15) is 5.75 Å². The van der Waals surface area contributed by atoms with Crippen LogP contribution in [0.25, 0.3) is 11.5 Å². The Balaban J connectivity index is 1.85. The van der Waals surface area contributed by atoms with Crippen LogP contribution < -0.4 is 10.1 Å². The summed E-state index contributed by atoms with van der Waals surface area (Å²) in [4.78, 5) is 12.1. The quantitative estimate of drug-likeness (QED) is 0.877. The lowest BCUT2D eigenvalue weighted by atomic mass is 9.82. The van der Waals surface area contributed by atoms with E-state index in [0.29, 0.717) is 11.6 Å². The number of nitrogens with one attached hydrogen (secondary N) is 1. The van der Waals surface area contributed by atoms with Crippen LogP contribution in [-0.2, 0) is 4.79 Å². The van der Waals surface area contributed by atoms with Crippen LogP contribution in [0, 0.1) is 5.41 Å². The zero-order valence-electron chi connectivity index (χ0n) is 14.9. The van der Waals surface area contributed by atoms with Crippen molar-refractivity contribution >= 4 is 5.91 Å². The van der Waals surface area contributed by atoms with Gasteiger partial charge in [-0.2, -0.15) is 0 Å². The number of benzene rings is 1. The van der Waals surface area contributed by atoms with Gasteiger partial charge in [-0.15, -0.1) is 10.2 Å². The molecule has 1 amide bonds. The maximum atomic E-state index is 12.1. The summed E-state index contributed by atoms with van der Waals surface area (Å²) in [5.74, 6) is 0.926. The Kier molecular flexibility index (Phi) is 5.26. The Bertz CT molecular complexity index is 656. The smallest absolute Gasteiger partial charge is 0.258 e. The summed E-state index contributed by atoms with van der Waals surface area (Å²) in [5, 5.41) is 10.5. The molecule has 24 heavy (non-hydrogen) atoms. The van der Waals surface area contributed by atoms with Gasteiger partial charge in [-0.05, 0) is 49.9 Å². The number of hydrogen-bond donors (Lipinski definition) is 1. The molecule has 0 fully saturated rings. The first-order valence-corrected chi connectivity index (χ1v) is 7.95. The SMILES string of the molecule is CC(C)(C)CC(C)(C)NC(=O)COc1ccc(-c2nnco2)cc1. The summed E-state index contributed by atoms with van der Waals surface area (Å²) >= 11 is 0. The topological polar surface area (TPSA) is 77.2 Å². The second kappa shape index (κ2) is 7.03. The van der Waals surface area contributed by atoms with E-state index in [0.717, 1.165) is 12.0 Å². The van der Waals surface area contributed by atoms with Crippen molar-refractivity contribution in [3.8, 4) is 17.2 Å². The molecule has 0 aliphatic carbocycles. The zero-order chi connectivity index (χ0) is 17.8. The number of rotatable bonds is 6. The van der Waals surface area contributed by atoms with Crippen LogP contribution in [0.2, 0.25) is 0 Å². The van der Waals surface area contributed by atoms with E-state index in [4.69, 9.17) is 9.15 Å². The second-order valence-electron chi connectivity index (χ2n) is 7.73. The molecule has 0 spiro atoms. The van der Waals surface area contributed by atoms with E-state index in [1.807, 2.05) is 26.0 Å². The minimum absolute atomic E-state index is 0.0204. The fourth-order valence-electron chi connectivity index (χ4n) is 2.92. The summed E-state index contributed by atoms with van der Waals surface area (Å²) in [6.45, 7) is 10.5. The highest BCUT2D eigenvalue weighted by molar-refractivity contribution is 5.78. The van der Waals surface area contributed by atoms with Gasteiger partial charge in [0.2, 0.25) is 12.3 Å². The number of carbonyl (C=O) groups excluding carboxylic acids is 1. The van der Waals surface area contributed by atoms with Crippen molar-refractivity contribution in [1.82, 2.24) is 15.5 Å². The molecule has 0 unspecified atom stereocenters. The standard InChI is InChI=1S/C18H25N3O3/c1-17(2,3)11-18(4,5)20-15(22)10-23-14-8-6-13(7-9-14)16-21-19-12-24-16/h6-9,12H,10-11H2,1-5H3,(H,20,22). The molecule has 6 heteroatoms. The molecular weight excluding hydrogens is 306 g/mol. The van der Waals surface area contributed by atoms with Crippen LogP contribution in [0.1, 0.15) is 41.0 Å². The van der Waals surface area contributed by atoms with E-state index in [1.54, 1.807) is 12.1 Å². The second-order valence-corrected chi connectivity index (χ2v) is 7.73. The predicted molar refractivity (Wildman–Crippen MR) is 91.5 cm³/mol. The lowest BCUT2D eigenvalue weighted by molar-refractivity contribution is -0.125. The van der Waals surface area contributed by atoms with Gasteiger partial charge >= 0.3 is 0 Å². The third-order valence-corrected chi connectivity index (χ3v) is 3.28. The molecule has 0 bridgehead atoms. The Morgan fingerprint density at radius 3 is 2.38 bits per heavy atom. The average Bonchev–Trinajstić information content (AvgIpc) is 2.96. The van der Waals surface area contributed by atoms with Crippen molar-refractivity contribution in [2.24, 2.45) is 5.41 Å². The maximum absolute atomic E-state index is 12.1. The first kappa shape index (κ1) is 18.0. The van der Waals surface area contributed by atoms with E-state index >= 15 is 0 Å². The minimum Gasteiger partial charge on any atom is -0.484 e. The van der Waals surface area contributed by atoms with Gasteiger partial charge in [-0.3, -0.25) is 4.79 Å². The molecule has 6 nitrogen and oxygen atoms in total. The molecule has 1 aromatic carbocycles.